The lowest BCUT2D eigenvalue weighted by Gasteiger charge is -2.11. The maximum atomic E-state index is 3.92. The number of anilines is 1. The summed E-state index contributed by atoms with van der Waals surface area (Å²) in [4.78, 5) is 0. The number of benzene rings is 2. The number of hydrogen-bond donors (Lipinski definition) is 1. The first kappa shape index (κ1) is 18.5. The molecule has 0 aliphatic carbocycles. The van der Waals surface area contributed by atoms with Gasteiger partial charge in [0.2, 0.25) is 0 Å². The van der Waals surface area contributed by atoms with E-state index in [1.807, 2.05) is 18.2 Å². The van der Waals surface area contributed by atoms with Gasteiger partial charge in [0, 0.05) is 18.2 Å². The van der Waals surface area contributed by atoms with Gasteiger partial charge in [0.1, 0.15) is 0 Å². The van der Waals surface area contributed by atoms with Crippen LogP contribution in [0.25, 0.3) is 11.1 Å². The monoisotopic (exact) mass is 329 g/mol. The van der Waals surface area contributed by atoms with Crippen LogP contribution >= 0.6 is 0 Å². The fourth-order valence-corrected chi connectivity index (χ4v) is 2.76. The lowest BCUT2D eigenvalue weighted by atomic mass is 9.95. The van der Waals surface area contributed by atoms with Crippen LogP contribution in [0.4, 0.5) is 5.69 Å². The molecule has 2 rings (SSSR count). The van der Waals surface area contributed by atoms with Gasteiger partial charge >= 0.3 is 0 Å². The van der Waals surface area contributed by atoms with E-state index in [0.29, 0.717) is 5.92 Å². The molecule has 0 amide bonds. The highest BCUT2D eigenvalue weighted by atomic mass is 14.8. The van der Waals surface area contributed by atoms with Crippen molar-refractivity contribution in [3.63, 3.8) is 0 Å². The minimum Gasteiger partial charge on any atom is -0.382 e. The van der Waals surface area contributed by atoms with E-state index in [1.54, 1.807) is 0 Å². The van der Waals surface area contributed by atoms with Crippen LogP contribution in [0.5, 0.6) is 0 Å². The highest BCUT2D eigenvalue weighted by Crippen LogP contribution is 2.21. The Balaban J connectivity index is 1.91. The zero-order valence-electron chi connectivity index (χ0n) is 15.0. The Morgan fingerprint density at radius 1 is 1.00 bits per heavy atom. The molecule has 0 saturated heterocycles. The number of allylic oxidation sites excluding steroid dienone is 5. The Kier molecular flexibility index (Phi) is 7.52. The molecule has 0 aromatic heterocycles. The fourth-order valence-electron chi connectivity index (χ4n) is 2.76. The molecule has 0 saturated carbocycles. The summed E-state index contributed by atoms with van der Waals surface area (Å²) in [6.07, 6.45) is 11.3. The second kappa shape index (κ2) is 10.1. The van der Waals surface area contributed by atoms with E-state index in [0.717, 1.165) is 18.7 Å². The molecule has 1 unspecified atom stereocenters. The Bertz CT molecular complexity index is 720. The van der Waals surface area contributed by atoms with Gasteiger partial charge in [-0.2, -0.15) is 0 Å². The minimum absolute atomic E-state index is 0.337. The van der Waals surface area contributed by atoms with Crippen LogP contribution in [0.3, 0.4) is 0 Å². The smallest absolute Gasteiger partial charge is 0.0343 e. The summed E-state index contributed by atoms with van der Waals surface area (Å²) in [5.74, 6) is 0.337. The Morgan fingerprint density at radius 3 is 2.28 bits per heavy atom. The van der Waals surface area contributed by atoms with Crippen molar-refractivity contribution < 1.29 is 0 Å². The summed E-state index contributed by atoms with van der Waals surface area (Å²) >= 11 is 0. The lowest BCUT2D eigenvalue weighted by molar-refractivity contribution is 0.796. The molecule has 1 nitrogen and oxygen atoms in total. The van der Waals surface area contributed by atoms with Gasteiger partial charge in [-0.15, -0.1) is 13.2 Å². The van der Waals surface area contributed by atoms with Crippen molar-refractivity contribution in [3.8, 4) is 11.1 Å². The molecule has 0 spiro atoms. The van der Waals surface area contributed by atoms with E-state index in [2.05, 4.69) is 92.2 Å². The summed E-state index contributed by atoms with van der Waals surface area (Å²) in [6.45, 7) is 10.6. The van der Waals surface area contributed by atoms with E-state index in [1.165, 1.54) is 16.7 Å². The van der Waals surface area contributed by atoms with E-state index < -0.39 is 0 Å². The van der Waals surface area contributed by atoms with E-state index >= 15 is 0 Å². The molecule has 2 aromatic carbocycles. The Morgan fingerprint density at radius 2 is 1.68 bits per heavy atom. The third-order valence-electron chi connectivity index (χ3n) is 4.19. The summed E-state index contributed by atoms with van der Waals surface area (Å²) in [5.41, 5.74) is 4.87. The average Bonchev–Trinajstić information content (AvgIpc) is 2.68. The van der Waals surface area contributed by atoms with Gasteiger partial charge in [0.25, 0.3) is 0 Å². The van der Waals surface area contributed by atoms with Crippen LogP contribution in [0.2, 0.25) is 0 Å². The highest BCUT2D eigenvalue weighted by Gasteiger charge is 2.04. The Hall–Kier alpha value is -2.80. The van der Waals surface area contributed by atoms with E-state index in [4.69, 9.17) is 0 Å². The normalized spacial score (nSPS) is 12.8. The molecule has 0 fully saturated rings. The number of nitrogens with one attached hydrogen (secondary N) is 1. The maximum Gasteiger partial charge on any atom is 0.0343 e. The van der Waals surface area contributed by atoms with Crippen LogP contribution in [0.1, 0.15) is 13.3 Å². The zero-order chi connectivity index (χ0) is 17.9. The maximum absolute atomic E-state index is 3.92. The molecule has 0 radical (unpaired) electrons. The molecule has 2 aromatic rings. The van der Waals surface area contributed by atoms with Crippen molar-refractivity contribution in [1.29, 1.82) is 0 Å². The number of hydrogen-bond acceptors (Lipinski definition) is 1. The predicted molar refractivity (Wildman–Crippen MR) is 112 cm³/mol. The molecular formula is C24H27N. The summed E-state index contributed by atoms with van der Waals surface area (Å²) in [6, 6.07) is 19.0. The van der Waals surface area contributed by atoms with Gasteiger partial charge in [-0.05, 0) is 42.2 Å². The molecular weight excluding hydrogens is 302 g/mol. The Labute approximate surface area is 152 Å². The van der Waals surface area contributed by atoms with Crippen LogP contribution in [-0.2, 0) is 0 Å². The minimum atomic E-state index is 0.337. The van der Waals surface area contributed by atoms with Gasteiger partial charge in [-0.3, -0.25) is 0 Å². The van der Waals surface area contributed by atoms with E-state index in [9.17, 15) is 0 Å². The summed E-state index contributed by atoms with van der Waals surface area (Å²) in [5, 5.41) is 3.43. The van der Waals surface area contributed by atoms with Gasteiger partial charge in [0.05, 0.1) is 0 Å². The molecule has 0 aliphatic heterocycles. The molecule has 0 bridgehead atoms. The topological polar surface area (TPSA) is 12.0 Å². The molecule has 1 heteroatoms. The third-order valence-corrected chi connectivity index (χ3v) is 4.19. The number of rotatable bonds is 9. The van der Waals surface area contributed by atoms with Gasteiger partial charge < -0.3 is 5.32 Å². The molecule has 128 valence electrons. The SMILES string of the molecule is C=CCC(C=C)C(/C=C\CNc1ccc(-c2ccccc2)cc1)=C/C. The van der Waals surface area contributed by atoms with E-state index in [-0.39, 0.29) is 0 Å². The first-order chi connectivity index (χ1) is 12.3. The molecule has 0 heterocycles. The van der Waals surface area contributed by atoms with Crippen molar-refractivity contribution in [3.05, 3.63) is 104 Å². The van der Waals surface area contributed by atoms with Gasteiger partial charge in [-0.1, -0.05) is 72.8 Å². The van der Waals surface area contributed by atoms with Crippen molar-refractivity contribution >= 4 is 5.69 Å². The summed E-state index contributed by atoms with van der Waals surface area (Å²) < 4.78 is 0. The standard InChI is InChI=1S/C24H27N/c1-4-11-20(5-2)21(6-3)14-10-19-25-24-17-15-23(16-18-24)22-12-8-7-9-13-22/h4-10,12-18,20,25H,1-2,11,19H2,3H3/b14-10-,21-6+. The highest BCUT2D eigenvalue weighted by molar-refractivity contribution is 5.65. The van der Waals surface area contributed by atoms with Crippen LogP contribution in [-0.4, -0.2) is 6.54 Å². The van der Waals surface area contributed by atoms with Crippen molar-refractivity contribution in [2.45, 2.75) is 13.3 Å². The van der Waals surface area contributed by atoms with Crippen molar-refractivity contribution in [2.24, 2.45) is 5.92 Å². The zero-order valence-corrected chi connectivity index (χ0v) is 15.0. The fraction of sp³-hybridized carbons (Fsp3) is 0.167. The first-order valence-corrected chi connectivity index (χ1v) is 8.74. The summed E-state index contributed by atoms with van der Waals surface area (Å²) in [7, 11) is 0. The van der Waals surface area contributed by atoms with Crippen LogP contribution in [0.15, 0.2) is 104 Å². The third kappa shape index (κ3) is 5.65. The second-order valence-electron chi connectivity index (χ2n) is 5.88. The second-order valence-corrected chi connectivity index (χ2v) is 5.88. The largest absolute Gasteiger partial charge is 0.382 e. The lowest BCUT2D eigenvalue weighted by Crippen LogP contribution is -2.00. The first-order valence-electron chi connectivity index (χ1n) is 8.74. The quantitative estimate of drug-likeness (QED) is 0.401. The van der Waals surface area contributed by atoms with Gasteiger partial charge in [-0.25, -0.2) is 0 Å². The van der Waals surface area contributed by atoms with Crippen molar-refractivity contribution in [1.82, 2.24) is 0 Å². The van der Waals surface area contributed by atoms with Crippen LogP contribution in [0, 0.1) is 5.92 Å². The molecule has 25 heavy (non-hydrogen) atoms. The van der Waals surface area contributed by atoms with Crippen LogP contribution < -0.4 is 5.32 Å². The molecule has 0 aliphatic rings. The van der Waals surface area contributed by atoms with Gasteiger partial charge in [0.15, 0.2) is 0 Å². The van der Waals surface area contributed by atoms with Crippen molar-refractivity contribution in [2.75, 3.05) is 11.9 Å². The molecule has 1 N–H and O–H groups in total. The average molecular weight is 329 g/mol. The molecule has 1 atom stereocenters. The predicted octanol–water partition coefficient (Wildman–Crippen LogP) is 6.65.